The Morgan fingerprint density at radius 1 is 1.00 bits per heavy atom. The highest BCUT2D eigenvalue weighted by atomic mass is 35.5. The summed E-state index contributed by atoms with van der Waals surface area (Å²) in [6, 6.07) is 10.0. The first-order chi connectivity index (χ1) is 13.7. The van der Waals surface area contributed by atoms with Crippen LogP contribution >= 0.6 is 35.0 Å². The van der Waals surface area contributed by atoms with Gasteiger partial charge in [0.2, 0.25) is 5.91 Å². The minimum Gasteiger partial charge on any atom is -0.452 e. The SMILES string of the molecule is NC(=O)NC(=O)COC(=O)c1ccccc1SCC(=O)Nc1cc(Cl)cc(Cl)c1. The van der Waals surface area contributed by atoms with E-state index in [0.29, 0.717) is 20.6 Å². The van der Waals surface area contributed by atoms with Crippen molar-refractivity contribution >= 4 is 64.5 Å². The van der Waals surface area contributed by atoms with Gasteiger partial charge in [-0.15, -0.1) is 11.8 Å². The summed E-state index contributed by atoms with van der Waals surface area (Å²) in [4.78, 5) is 46.8. The molecule has 0 aliphatic rings. The zero-order valence-corrected chi connectivity index (χ0v) is 17.1. The highest BCUT2D eigenvalue weighted by Crippen LogP contribution is 2.25. The largest absolute Gasteiger partial charge is 0.452 e. The molecule has 4 N–H and O–H groups in total. The van der Waals surface area contributed by atoms with Gasteiger partial charge in [0.1, 0.15) is 0 Å². The molecule has 0 aliphatic carbocycles. The Hall–Kier alpha value is -2.75. The number of imide groups is 1. The molecule has 0 unspecified atom stereocenters. The predicted octanol–water partition coefficient (Wildman–Crippen LogP) is 3.08. The second-order valence-corrected chi connectivity index (χ2v) is 7.37. The number of esters is 1. The number of hydrogen-bond donors (Lipinski definition) is 3. The molecule has 0 fully saturated rings. The predicted molar refractivity (Wildman–Crippen MR) is 110 cm³/mol. The lowest BCUT2D eigenvalue weighted by Gasteiger charge is -2.10. The van der Waals surface area contributed by atoms with Crippen molar-refractivity contribution in [2.45, 2.75) is 4.90 Å². The number of urea groups is 1. The van der Waals surface area contributed by atoms with Gasteiger partial charge in [-0.1, -0.05) is 35.3 Å². The van der Waals surface area contributed by atoms with Crippen molar-refractivity contribution in [1.82, 2.24) is 5.32 Å². The van der Waals surface area contributed by atoms with Crippen LogP contribution in [0.1, 0.15) is 10.4 Å². The summed E-state index contributed by atoms with van der Waals surface area (Å²) in [5, 5.41) is 5.21. The highest BCUT2D eigenvalue weighted by Gasteiger charge is 2.16. The molecule has 0 aliphatic heterocycles. The van der Waals surface area contributed by atoms with Gasteiger partial charge in [0.05, 0.1) is 11.3 Å². The first-order valence-corrected chi connectivity index (χ1v) is 9.73. The minimum absolute atomic E-state index is 0.00339. The van der Waals surface area contributed by atoms with Crippen molar-refractivity contribution in [3.63, 3.8) is 0 Å². The molecule has 11 heteroatoms. The van der Waals surface area contributed by atoms with Gasteiger partial charge in [-0.2, -0.15) is 0 Å². The molecule has 0 atom stereocenters. The fourth-order valence-electron chi connectivity index (χ4n) is 2.11. The molecule has 4 amide bonds. The Labute approximate surface area is 180 Å². The maximum atomic E-state index is 12.2. The van der Waals surface area contributed by atoms with E-state index in [0.717, 1.165) is 11.8 Å². The third-order valence-electron chi connectivity index (χ3n) is 3.21. The molecule has 0 bridgehead atoms. The quantitative estimate of drug-likeness (QED) is 0.434. The van der Waals surface area contributed by atoms with E-state index >= 15 is 0 Å². The lowest BCUT2D eigenvalue weighted by molar-refractivity contribution is -0.123. The molecule has 8 nitrogen and oxygen atoms in total. The van der Waals surface area contributed by atoms with E-state index in [-0.39, 0.29) is 17.2 Å². The topological polar surface area (TPSA) is 128 Å². The summed E-state index contributed by atoms with van der Waals surface area (Å²) in [6.07, 6.45) is 0. The molecule has 2 aromatic rings. The van der Waals surface area contributed by atoms with Crippen LogP contribution in [0.2, 0.25) is 10.0 Å². The number of halogens is 2. The van der Waals surface area contributed by atoms with Crippen molar-refractivity contribution in [1.29, 1.82) is 0 Å². The van der Waals surface area contributed by atoms with E-state index in [2.05, 4.69) is 5.32 Å². The smallest absolute Gasteiger partial charge is 0.339 e. The molecule has 2 aromatic carbocycles. The molecule has 0 aromatic heterocycles. The fourth-order valence-corrected chi connectivity index (χ4v) is 3.48. The maximum Gasteiger partial charge on any atom is 0.339 e. The second-order valence-electron chi connectivity index (χ2n) is 5.48. The fraction of sp³-hybridized carbons (Fsp3) is 0.111. The lowest BCUT2D eigenvalue weighted by atomic mass is 10.2. The van der Waals surface area contributed by atoms with Gasteiger partial charge in [0.25, 0.3) is 5.91 Å². The van der Waals surface area contributed by atoms with E-state index in [1.165, 1.54) is 6.07 Å². The summed E-state index contributed by atoms with van der Waals surface area (Å²) in [6.45, 7) is -0.670. The van der Waals surface area contributed by atoms with Crippen LogP contribution < -0.4 is 16.4 Å². The van der Waals surface area contributed by atoms with Gasteiger partial charge >= 0.3 is 12.0 Å². The number of carbonyl (C=O) groups is 4. The number of nitrogens with two attached hydrogens (primary N) is 1. The number of rotatable bonds is 7. The van der Waals surface area contributed by atoms with Crippen LogP contribution in [0.4, 0.5) is 10.5 Å². The third-order valence-corrected chi connectivity index (χ3v) is 4.72. The van der Waals surface area contributed by atoms with Gasteiger partial charge in [0.15, 0.2) is 6.61 Å². The molecule has 0 radical (unpaired) electrons. The van der Waals surface area contributed by atoms with Crippen molar-refractivity contribution in [3.8, 4) is 0 Å². The number of amides is 4. The molecule has 0 spiro atoms. The third kappa shape index (κ3) is 7.65. The number of nitrogens with one attached hydrogen (secondary N) is 2. The number of thioether (sulfide) groups is 1. The summed E-state index contributed by atoms with van der Waals surface area (Å²) in [5.41, 5.74) is 5.42. The summed E-state index contributed by atoms with van der Waals surface area (Å²) >= 11 is 12.9. The average Bonchev–Trinajstić information content (AvgIpc) is 2.63. The Morgan fingerprint density at radius 3 is 2.31 bits per heavy atom. The summed E-state index contributed by atoms with van der Waals surface area (Å²) in [7, 11) is 0. The molecule has 2 rings (SSSR count). The van der Waals surface area contributed by atoms with E-state index in [1.807, 2.05) is 0 Å². The minimum atomic E-state index is -1.05. The van der Waals surface area contributed by atoms with Crippen molar-refractivity contribution in [2.75, 3.05) is 17.7 Å². The van der Waals surface area contributed by atoms with Crippen LogP contribution in [0, 0.1) is 0 Å². The standard InChI is InChI=1S/C18H15Cl2N3O5S/c19-10-5-11(20)7-12(6-10)22-16(25)9-29-14-4-2-1-3-13(14)17(26)28-8-15(24)23-18(21)27/h1-7H,8-9H2,(H,22,25)(H3,21,23,24,27). The van der Waals surface area contributed by atoms with Gasteiger partial charge in [-0.05, 0) is 30.3 Å². The number of benzene rings is 2. The van der Waals surface area contributed by atoms with Gasteiger partial charge in [0, 0.05) is 20.6 Å². The number of primary amides is 1. The first kappa shape index (κ1) is 22.5. The van der Waals surface area contributed by atoms with Gasteiger partial charge in [-0.25, -0.2) is 9.59 Å². The van der Waals surface area contributed by atoms with Gasteiger partial charge < -0.3 is 15.8 Å². The van der Waals surface area contributed by atoms with Crippen LogP contribution in [-0.4, -0.2) is 36.2 Å². The van der Waals surface area contributed by atoms with Crippen LogP contribution in [-0.2, 0) is 14.3 Å². The molecular formula is C18H15Cl2N3O5S. The van der Waals surface area contributed by atoms with Crippen molar-refractivity contribution in [2.24, 2.45) is 5.73 Å². The second kappa shape index (κ2) is 10.7. The number of hydrogen-bond acceptors (Lipinski definition) is 6. The maximum absolute atomic E-state index is 12.2. The highest BCUT2D eigenvalue weighted by molar-refractivity contribution is 8.00. The normalized spacial score (nSPS) is 10.1. The van der Waals surface area contributed by atoms with Gasteiger partial charge in [-0.3, -0.25) is 14.9 Å². The van der Waals surface area contributed by atoms with Crippen LogP contribution in [0.15, 0.2) is 47.4 Å². The molecule has 29 heavy (non-hydrogen) atoms. The number of carbonyl (C=O) groups excluding carboxylic acids is 4. The van der Waals surface area contributed by atoms with Crippen molar-refractivity contribution < 1.29 is 23.9 Å². The molecule has 152 valence electrons. The van der Waals surface area contributed by atoms with E-state index < -0.39 is 24.5 Å². The molecule has 0 saturated heterocycles. The zero-order valence-electron chi connectivity index (χ0n) is 14.7. The van der Waals surface area contributed by atoms with E-state index in [4.69, 9.17) is 33.7 Å². The lowest BCUT2D eigenvalue weighted by Crippen LogP contribution is -2.37. The van der Waals surface area contributed by atoms with Crippen LogP contribution in [0.3, 0.4) is 0 Å². The zero-order chi connectivity index (χ0) is 21.4. The van der Waals surface area contributed by atoms with Crippen LogP contribution in [0.25, 0.3) is 0 Å². The Kier molecular flexibility index (Phi) is 8.32. The summed E-state index contributed by atoms with van der Waals surface area (Å²) in [5.74, 6) is -1.97. The molecular weight excluding hydrogens is 441 g/mol. The summed E-state index contributed by atoms with van der Waals surface area (Å²) < 4.78 is 4.86. The average molecular weight is 456 g/mol. The monoisotopic (exact) mass is 455 g/mol. The molecule has 0 saturated carbocycles. The Morgan fingerprint density at radius 2 is 1.66 bits per heavy atom. The van der Waals surface area contributed by atoms with Crippen LogP contribution in [0.5, 0.6) is 0 Å². The van der Waals surface area contributed by atoms with E-state index in [1.54, 1.807) is 41.7 Å². The molecule has 0 heterocycles. The number of anilines is 1. The number of ether oxygens (including phenoxy) is 1. The first-order valence-electron chi connectivity index (χ1n) is 7.99. The Balaban J connectivity index is 1.95. The van der Waals surface area contributed by atoms with E-state index in [9.17, 15) is 19.2 Å². The Bertz CT molecular complexity index is 935. The van der Waals surface area contributed by atoms with Crippen molar-refractivity contribution in [3.05, 3.63) is 58.1 Å².